The minimum atomic E-state index is -2.43. The van der Waals surface area contributed by atoms with Crippen LogP contribution in [0.15, 0.2) is 0 Å². The molecule has 36 heteroatoms. The van der Waals surface area contributed by atoms with Crippen molar-refractivity contribution in [2.75, 3.05) is 52.9 Å². The Morgan fingerprint density at radius 1 is 0.292 bits per heavy atom. The van der Waals surface area contributed by atoms with Crippen LogP contribution in [0, 0.1) is 0 Å². The Kier molecular flexibility index (Phi) is 27.4. The van der Waals surface area contributed by atoms with Crippen LogP contribution in [0.25, 0.3) is 0 Å². The van der Waals surface area contributed by atoms with E-state index in [1.165, 1.54) is 0 Å². The predicted octanol–water partition coefficient (Wildman–Crippen LogP) is -18.4. The van der Waals surface area contributed by atoms with Gasteiger partial charge in [0.15, 0.2) is 25.2 Å². The molecule has 0 amide bonds. The van der Waals surface area contributed by atoms with Crippen molar-refractivity contribution in [1.29, 1.82) is 0 Å². The highest BCUT2D eigenvalue weighted by atomic mass is 16.8. The molecule has 6 heterocycles. The largest absolute Gasteiger partial charge is 0.412 e. The van der Waals surface area contributed by atoms with Gasteiger partial charge in [0.05, 0.1) is 39.6 Å². The van der Waals surface area contributed by atoms with Crippen LogP contribution in [0.4, 0.5) is 0 Å². The first-order valence-electron chi connectivity index (χ1n) is 21.1. The van der Waals surface area contributed by atoms with E-state index in [4.69, 9.17) is 57.6 Å². The summed E-state index contributed by atoms with van der Waals surface area (Å²) in [6, 6.07) is 0. The first kappa shape index (κ1) is 68.6. The molecule has 0 unspecified atom stereocenters. The second kappa shape index (κ2) is 28.8. The quantitative estimate of drug-likeness (QED) is 0.0682. The molecule has 6 aliphatic rings. The summed E-state index contributed by atoms with van der Waals surface area (Å²) in [7, 11) is 0. The molecule has 0 spiro atoms. The fourth-order valence-electron chi connectivity index (χ4n) is 8.03. The zero-order valence-electron chi connectivity index (χ0n) is 37.6. The summed E-state index contributed by atoms with van der Waals surface area (Å²) in [5.41, 5.74) is 0. The highest BCUT2D eigenvalue weighted by Crippen LogP contribution is 2.38. The van der Waals surface area contributed by atoms with E-state index in [2.05, 4.69) is 0 Å². The fourth-order valence-corrected chi connectivity index (χ4v) is 8.03. The molecule has 6 saturated heterocycles. The molecule has 30 N–H and O–H groups in total. The summed E-state index contributed by atoms with van der Waals surface area (Å²) in [5.74, 6) is -4.65. The smallest absolute Gasteiger partial charge is 0.224 e. The molecule has 0 aromatic heterocycles. The number of hydrogen-bond acceptors (Lipinski definition) is 32. The van der Waals surface area contributed by atoms with Gasteiger partial charge >= 0.3 is 0 Å². The lowest BCUT2D eigenvalue weighted by Gasteiger charge is -2.45. The highest BCUT2D eigenvalue weighted by Gasteiger charge is 2.60. The predicted molar refractivity (Wildman–Crippen MR) is 217 cm³/mol. The van der Waals surface area contributed by atoms with Crippen molar-refractivity contribution in [3.05, 3.63) is 0 Å². The molecule has 6 rings (SSSR count). The van der Waals surface area contributed by atoms with Crippen molar-refractivity contribution in [3.8, 4) is 0 Å². The zero-order valence-corrected chi connectivity index (χ0v) is 37.6. The average molecular weight is 1080 g/mol. The minimum Gasteiger partial charge on any atom is -0.412 e. The number of aliphatic hydroxyl groups excluding tert-OH is 22. The van der Waals surface area contributed by atoms with Gasteiger partial charge in [0, 0.05) is 0 Å². The second-order valence-electron chi connectivity index (χ2n) is 16.8. The summed E-state index contributed by atoms with van der Waals surface area (Å²) in [6.45, 7) is -6.34. The molecule has 432 valence electrons. The molecule has 6 fully saturated rings. The molecule has 28 atom stereocenters. The minimum absolute atomic E-state index is 0. The van der Waals surface area contributed by atoms with Crippen molar-refractivity contribution >= 4 is 0 Å². The standard InChI is InChI=1S/C24H42O21.C12H22O11.4H2O/c25-1-6-10(28)14(32)17(35)21(41-6)39-3-8-11(29)15(33)18(36)22(42-8)40-4-9-12(30)16(34)19(37)23(43-9)45-24(5-27)20(38)13(31)7(2-26)44-24;13-1-4-6(16)8(18)9(19)11(21-4)23-12(3-15)10(20)7(17)5(2-14)22-12;;;;/h6-23,25-38H,1-5H2;4-11,13-20H,1-3H2;4*1H2/t6-,7-,8-,9-,10+,11+,12-,13-,14+,15+,16+,17-,18-,19-,20+,21+,22+,23-,24+;4-,5-,6-,7-,8+,9-,10+,11-,12+;;;;/m11..../s1. The van der Waals surface area contributed by atoms with E-state index in [1.54, 1.807) is 0 Å². The van der Waals surface area contributed by atoms with E-state index in [-0.39, 0.29) is 21.9 Å². The van der Waals surface area contributed by atoms with Gasteiger partial charge in [-0.3, -0.25) is 0 Å². The van der Waals surface area contributed by atoms with E-state index in [0.717, 1.165) is 0 Å². The van der Waals surface area contributed by atoms with Gasteiger partial charge in [-0.25, -0.2) is 0 Å². The van der Waals surface area contributed by atoms with Crippen LogP contribution in [0.1, 0.15) is 0 Å². The maximum absolute atomic E-state index is 10.5. The molecule has 0 saturated carbocycles. The van der Waals surface area contributed by atoms with Gasteiger partial charge < -0.3 is 182 Å². The molecule has 36 nitrogen and oxygen atoms in total. The molecule has 0 aliphatic carbocycles. The summed E-state index contributed by atoms with van der Waals surface area (Å²) in [4.78, 5) is 0. The van der Waals surface area contributed by atoms with Crippen molar-refractivity contribution < 1.29 is 182 Å². The van der Waals surface area contributed by atoms with E-state index >= 15 is 0 Å². The third-order valence-corrected chi connectivity index (χ3v) is 12.3. The van der Waals surface area contributed by atoms with Crippen molar-refractivity contribution in [2.24, 2.45) is 0 Å². The van der Waals surface area contributed by atoms with Gasteiger partial charge in [0.1, 0.15) is 148 Å². The van der Waals surface area contributed by atoms with Crippen LogP contribution in [-0.2, 0) is 47.4 Å². The summed E-state index contributed by atoms with van der Waals surface area (Å²) >= 11 is 0. The molecular weight excluding hydrogens is 1010 g/mol. The topological polar surface area (TPSA) is 663 Å². The van der Waals surface area contributed by atoms with Crippen LogP contribution in [-0.4, -0.2) is 358 Å². The molecular formula is C36H72O36. The van der Waals surface area contributed by atoms with E-state index in [9.17, 15) is 102 Å². The Morgan fingerprint density at radius 3 is 0.819 bits per heavy atom. The first-order chi connectivity index (χ1) is 32.0. The maximum atomic E-state index is 10.5. The lowest BCUT2D eigenvalue weighted by molar-refractivity contribution is -0.388. The number of rotatable bonds is 16. The number of aliphatic hydroxyl groups is 22. The molecule has 0 bridgehead atoms. The van der Waals surface area contributed by atoms with Crippen LogP contribution in [0.5, 0.6) is 0 Å². The molecule has 0 radical (unpaired) electrons. The lowest BCUT2D eigenvalue weighted by atomic mass is 9.98. The highest BCUT2D eigenvalue weighted by molar-refractivity contribution is 5.00. The Balaban J connectivity index is 0.000000816. The van der Waals surface area contributed by atoms with Crippen LogP contribution in [0.3, 0.4) is 0 Å². The fraction of sp³-hybridized carbons (Fsp3) is 1.00. The van der Waals surface area contributed by atoms with Gasteiger partial charge in [0.25, 0.3) is 0 Å². The average Bonchev–Trinajstić information content (AvgIpc) is 3.73. The van der Waals surface area contributed by atoms with Gasteiger partial charge in [-0.1, -0.05) is 0 Å². The Bertz CT molecular complexity index is 1530. The Morgan fingerprint density at radius 2 is 0.542 bits per heavy atom. The first-order valence-corrected chi connectivity index (χ1v) is 21.1. The van der Waals surface area contributed by atoms with Gasteiger partial charge in [-0.15, -0.1) is 0 Å². The number of hydrogen-bond donors (Lipinski definition) is 22. The third kappa shape index (κ3) is 13.8. The molecule has 0 aromatic rings. The summed E-state index contributed by atoms with van der Waals surface area (Å²) < 4.78 is 53.0. The third-order valence-electron chi connectivity index (χ3n) is 12.3. The number of ether oxygens (including phenoxy) is 10. The van der Waals surface area contributed by atoms with Crippen LogP contribution in [0.2, 0.25) is 0 Å². The second-order valence-corrected chi connectivity index (χ2v) is 16.8. The molecule has 72 heavy (non-hydrogen) atoms. The van der Waals surface area contributed by atoms with Gasteiger partial charge in [-0.2, -0.15) is 0 Å². The Hall–Kier alpha value is -1.44. The maximum Gasteiger partial charge on any atom is 0.224 e. The van der Waals surface area contributed by atoms with E-state index in [0.29, 0.717) is 0 Å². The van der Waals surface area contributed by atoms with E-state index in [1.807, 2.05) is 0 Å². The van der Waals surface area contributed by atoms with Gasteiger partial charge in [0.2, 0.25) is 11.6 Å². The van der Waals surface area contributed by atoms with E-state index < -0.39 is 224 Å². The van der Waals surface area contributed by atoms with Crippen LogP contribution < -0.4 is 0 Å². The molecule has 6 aliphatic heterocycles. The zero-order chi connectivity index (χ0) is 50.7. The Labute approximate surface area is 405 Å². The van der Waals surface area contributed by atoms with Crippen molar-refractivity contribution in [2.45, 2.75) is 171 Å². The normalized spacial score (nSPS) is 49.2. The van der Waals surface area contributed by atoms with Crippen molar-refractivity contribution in [3.63, 3.8) is 0 Å². The summed E-state index contributed by atoms with van der Waals surface area (Å²) in [6.07, 6.45) is -44.0. The lowest BCUT2D eigenvalue weighted by Crippen LogP contribution is -2.64. The van der Waals surface area contributed by atoms with Gasteiger partial charge in [-0.05, 0) is 0 Å². The summed E-state index contributed by atoms with van der Waals surface area (Å²) in [5, 5.41) is 218. The monoisotopic (exact) mass is 1080 g/mol. The van der Waals surface area contributed by atoms with Crippen LogP contribution >= 0.6 is 0 Å². The van der Waals surface area contributed by atoms with Crippen molar-refractivity contribution in [1.82, 2.24) is 0 Å². The molecule has 0 aromatic carbocycles. The SMILES string of the molecule is O.O.O.O.OC[C@H]1O[C@@](CO)(O[C@H]2O[C@H](CO)[C@@H](O)[C@H](O)[C@H]2O)[C@@H](O)[C@@H]1O.OC[C@H]1O[C@H](OC[C@H]2O[C@H](OC[C@H]3O[C@H](O[C@]4(CO)O[C@H](CO)[C@@H](O)[C@@H]4O)[C@H](O)[C@@H](O)[C@@H]3O)[C@H](O)[C@@H](O)[C@H]2O)[C@H](O)[C@@H](O)[C@H]1O.